The highest BCUT2D eigenvalue weighted by Crippen LogP contribution is 2.20. The standard InChI is InChI=1S/C25H22FN3O3/c1-32-22-12-9-18-13-19(24(30)28-23(18)14-22)16-29(15-17-7-10-20(26)11-8-17)25(31)27-21-5-3-2-4-6-21/h2-14H,15-16H2,1H3,(H,27,31)(H,28,30). The number of nitrogens with one attached hydrogen (secondary N) is 2. The molecule has 0 saturated carbocycles. The third-order valence-corrected chi connectivity index (χ3v) is 5.09. The molecule has 7 heteroatoms. The van der Waals surface area contributed by atoms with Gasteiger partial charge in [0.2, 0.25) is 0 Å². The van der Waals surface area contributed by atoms with E-state index >= 15 is 0 Å². The van der Waals surface area contributed by atoms with E-state index in [0.29, 0.717) is 22.5 Å². The Morgan fingerprint density at radius 1 is 1.00 bits per heavy atom. The Morgan fingerprint density at radius 3 is 2.47 bits per heavy atom. The Morgan fingerprint density at radius 2 is 1.75 bits per heavy atom. The van der Waals surface area contributed by atoms with Gasteiger partial charge in [0.25, 0.3) is 5.56 Å². The van der Waals surface area contributed by atoms with E-state index in [0.717, 1.165) is 10.9 Å². The molecule has 2 amide bonds. The molecule has 1 aromatic heterocycles. The van der Waals surface area contributed by atoms with Crippen LogP contribution in [0.5, 0.6) is 5.75 Å². The number of carbonyl (C=O) groups is 1. The normalized spacial score (nSPS) is 10.7. The molecule has 162 valence electrons. The first-order valence-electron chi connectivity index (χ1n) is 10.1. The minimum Gasteiger partial charge on any atom is -0.497 e. The van der Waals surface area contributed by atoms with Crippen LogP contribution in [-0.4, -0.2) is 23.0 Å². The highest BCUT2D eigenvalue weighted by atomic mass is 19.1. The molecule has 0 aliphatic heterocycles. The van der Waals surface area contributed by atoms with Crippen LogP contribution in [0.4, 0.5) is 14.9 Å². The lowest BCUT2D eigenvalue weighted by atomic mass is 10.1. The van der Waals surface area contributed by atoms with Gasteiger partial charge < -0.3 is 19.9 Å². The van der Waals surface area contributed by atoms with Gasteiger partial charge in [0.15, 0.2) is 0 Å². The highest BCUT2D eigenvalue weighted by Gasteiger charge is 2.17. The number of carbonyl (C=O) groups excluding carboxylic acids is 1. The van der Waals surface area contributed by atoms with E-state index in [2.05, 4.69) is 10.3 Å². The molecule has 0 bridgehead atoms. The number of amides is 2. The summed E-state index contributed by atoms with van der Waals surface area (Å²) >= 11 is 0. The van der Waals surface area contributed by atoms with Gasteiger partial charge in [-0.3, -0.25) is 4.79 Å². The number of aromatic amines is 1. The second-order valence-electron chi connectivity index (χ2n) is 7.36. The van der Waals surface area contributed by atoms with Crippen LogP contribution in [0.1, 0.15) is 11.1 Å². The van der Waals surface area contributed by atoms with Crippen molar-refractivity contribution in [2.24, 2.45) is 0 Å². The van der Waals surface area contributed by atoms with Gasteiger partial charge in [0.05, 0.1) is 19.2 Å². The van der Waals surface area contributed by atoms with Crippen LogP contribution in [0, 0.1) is 5.82 Å². The summed E-state index contributed by atoms with van der Waals surface area (Å²) in [6, 6.07) is 21.8. The molecule has 6 nitrogen and oxygen atoms in total. The summed E-state index contributed by atoms with van der Waals surface area (Å²) in [5.41, 5.74) is 2.19. The summed E-state index contributed by atoms with van der Waals surface area (Å²) in [5, 5.41) is 3.67. The number of H-pyrrole nitrogens is 1. The van der Waals surface area contributed by atoms with E-state index in [1.54, 1.807) is 43.5 Å². The summed E-state index contributed by atoms with van der Waals surface area (Å²) in [6.45, 7) is 0.284. The predicted molar refractivity (Wildman–Crippen MR) is 122 cm³/mol. The molecule has 0 atom stereocenters. The average Bonchev–Trinajstić information content (AvgIpc) is 2.80. The first-order valence-corrected chi connectivity index (χ1v) is 10.1. The molecule has 4 rings (SSSR count). The number of anilines is 1. The Kier molecular flexibility index (Phi) is 6.17. The number of nitrogens with zero attached hydrogens (tertiary/aromatic N) is 1. The zero-order valence-corrected chi connectivity index (χ0v) is 17.5. The Hall–Kier alpha value is -4.13. The van der Waals surface area contributed by atoms with Gasteiger partial charge in [-0.25, -0.2) is 9.18 Å². The molecule has 2 N–H and O–H groups in total. The second-order valence-corrected chi connectivity index (χ2v) is 7.36. The average molecular weight is 431 g/mol. The third kappa shape index (κ3) is 4.95. The van der Waals surface area contributed by atoms with Gasteiger partial charge in [0.1, 0.15) is 11.6 Å². The Labute approximate surface area is 184 Å². The summed E-state index contributed by atoms with van der Waals surface area (Å²) in [5.74, 6) is 0.288. The second kappa shape index (κ2) is 9.34. The highest BCUT2D eigenvalue weighted by molar-refractivity contribution is 5.89. The summed E-state index contributed by atoms with van der Waals surface area (Å²) in [4.78, 5) is 30.2. The van der Waals surface area contributed by atoms with Gasteiger partial charge in [-0.05, 0) is 53.4 Å². The number of halogens is 1. The van der Waals surface area contributed by atoms with Crippen molar-refractivity contribution in [2.75, 3.05) is 12.4 Å². The van der Waals surface area contributed by atoms with E-state index in [1.165, 1.54) is 17.0 Å². The summed E-state index contributed by atoms with van der Waals surface area (Å²) < 4.78 is 18.5. The van der Waals surface area contributed by atoms with Crippen molar-refractivity contribution in [1.82, 2.24) is 9.88 Å². The van der Waals surface area contributed by atoms with Crippen molar-refractivity contribution in [3.05, 3.63) is 106 Å². The van der Waals surface area contributed by atoms with Gasteiger partial charge in [0, 0.05) is 23.9 Å². The molecule has 0 fully saturated rings. The van der Waals surface area contributed by atoms with E-state index in [1.807, 2.05) is 30.3 Å². The minimum atomic E-state index is -0.366. The zero-order chi connectivity index (χ0) is 22.5. The van der Waals surface area contributed by atoms with Crippen LogP contribution in [0.25, 0.3) is 10.9 Å². The number of hydrogen-bond acceptors (Lipinski definition) is 3. The molecule has 0 aliphatic carbocycles. The van der Waals surface area contributed by atoms with E-state index in [4.69, 9.17) is 4.74 Å². The molecule has 0 spiro atoms. The lowest BCUT2D eigenvalue weighted by molar-refractivity contribution is 0.206. The fourth-order valence-electron chi connectivity index (χ4n) is 3.41. The first-order chi connectivity index (χ1) is 15.5. The number of fused-ring (bicyclic) bond motifs is 1. The van der Waals surface area contributed by atoms with Gasteiger partial charge in [-0.2, -0.15) is 0 Å². The van der Waals surface area contributed by atoms with Gasteiger partial charge in [-0.1, -0.05) is 30.3 Å². The van der Waals surface area contributed by atoms with Crippen LogP contribution in [0.2, 0.25) is 0 Å². The largest absolute Gasteiger partial charge is 0.497 e. The van der Waals surface area contributed by atoms with Crippen molar-refractivity contribution >= 4 is 22.6 Å². The van der Waals surface area contributed by atoms with Crippen LogP contribution in [0.15, 0.2) is 83.7 Å². The maximum atomic E-state index is 13.3. The van der Waals surface area contributed by atoms with Crippen molar-refractivity contribution in [2.45, 2.75) is 13.1 Å². The quantitative estimate of drug-likeness (QED) is 0.456. The predicted octanol–water partition coefficient (Wildman–Crippen LogP) is 4.91. The Bertz CT molecular complexity index is 1290. The molecule has 32 heavy (non-hydrogen) atoms. The van der Waals surface area contributed by atoms with Crippen LogP contribution < -0.4 is 15.6 Å². The number of hydrogen-bond donors (Lipinski definition) is 2. The van der Waals surface area contributed by atoms with Gasteiger partial charge >= 0.3 is 6.03 Å². The number of para-hydroxylation sites is 1. The number of pyridine rings is 1. The molecule has 3 aromatic carbocycles. The number of urea groups is 1. The summed E-state index contributed by atoms with van der Waals surface area (Å²) in [6.07, 6.45) is 0. The first kappa shape index (κ1) is 21.1. The number of rotatable bonds is 6. The van der Waals surface area contributed by atoms with Crippen molar-refractivity contribution in [1.29, 1.82) is 0 Å². The van der Waals surface area contributed by atoms with E-state index in [9.17, 15) is 14.0 Å². The molecule has 0 unspecified atom stereocenters. The van der Waals surface area contributed by atoms with Gasteiger partial charge in [-0.15, -0.1) is 0 Å². The topological polar surface area (TPSA) is 74.4 Å². The third-order valence-electron chi connectivity index (χ3n) is 5.09. The van der Waals surface area contributed by atoms with E-state index < -0.39 is 0 Å². The lowest BCUT2D eigenvalue weighted by Gasteiger charge is -2.23. The number of ether oxygens (including phenoxy) is 1. The molecule has 0 saturated heterocycles. The smallest absolute Gasteiger partial charge is 0.322 e. The van der Waals surface area contributed by atoms with Crippen molar-refractivity contribution in [3.8, 4) is 5.75 Å². The minimum absolute atomic E-state index is 0.0767. The lowest BCUT2D eigenvalue weighted by Crippen LogP contribution is -2.35. The number of aromatic nitrogens is 1. The van der Waals surface area contributed by atoms with Crippen LogP contribution in [-0.2, 0) is 13.1 Å². The molecule has 0 radical (unpaired) electrons. The number of benzene rings is 3. The molecule has 1 heterocycles. The van der Waals surface area contributed by atoms with Crippen molar-refractivity contribution < 1.29 is 13.9 Å². The molecule has 4 aromatic rings. The SMILES string of the molecule is COc1ccc2cc(CN(Cc3ccc(F)cc3)C(=O)Nc3ccccc3)c(=O)[nH]c2c1. The number of methoxy groups -OCH3 is 1. The summed E-state index contributed by atoms with van der Waals surface area (Å²) in [7, 11) is 1.56. The maximum absolute atomic E-state index is 13.3. The fourth-order valence-corrected chi connectivity index (χ4v) is 3.41. The zero-order valence-electron chi connectivity index (χ0n) is 17.5. The van der Waals surface area contributed by atoms with E-state index in [-0.39, 0.29) is 30.5 Å². The van der Waals surface area contributed by atoms with Crippen molar-refractivity contribution in [3.63, 3.8) is 0 Å². The fraction of sp³-hybridized carbons (Fsp3) is 0.120. The maximum Gasteiger partial charge on any atom is 0.322 e. The molecule has 0 aliphatic rings. The molecular weight excluding hydrogens is 409 g/mol. The Balaban J connectivity index is 1.64. The van der Waals surface area contributed by atoms with Crippen LogP contribution >= 0.6 is 0 Å². The monoisotopic (exact) mass is 431 g/mol. The molecular formula is C25H22FN3O3. The van der Waals surface area contributed by atoms with Crippen LogP contribution in [0.3, 0.4) is 0 Å².